The zero-order chi connectivity index (χ0) is 20.1. The van der Waals surface area contributed by atoms with Gasteiger partial charge < -0.3 is 25.6 Å². The molecule has 0 spiro atoms. The number of ether oxygens (including phenoxy) is 1. The topological polar surface area (TPSA) is 114 Å². The van der Waals surface area contributed by atoms with E-state index < -0.39 is 5.91 Å². The first-order valence-corrected chi connectivity index (χ1v) is 9.07. The van der Waals surface area contributed by atoms with E-state index in [9.17, 15) is 9.59 Å². The van der Waals surface area contributed by atoms with Gasteiger partial charge in [0.05, 0.1) is 12.8 Å². The second-order valence-electron chi connectivity index (χ2n) is 6.47. The molecular weight excluding hydrogens is 360 g/mol. The van der Waals surface area contributed by atoms with Gasteiger partial charge in [-0.2, -0.15) is 4.98 Å². The lowest BCUT2D eigenvalue weighted by Gasteiger charge is -2.22. The van der Waals surface area contributed by atoms with Crippen LogP contribution in [0.3, 0.4) is 0 Å². The van der Waals surface area contributed by atoms with Crippen LogP contribution in [-0.2, 0) is 4.79 Å². The second kappa shape index (κ2) is 8.55. The number of nitrogens with one attached hydrogen (secondary N) is 1. The van der Waals surface area contributed by atoms with Crippen LogP contribution in [0.5, 0.6) is 5.75 Å². The second-order valence-corrected chi connectivity index (χ2v) is 6.47. The summed E-state index contributed by atoms with van der Waals surface area (Å²) >= 11 is 0. The molecule has 1 fully saturated rings. The standard InChI is InChI=1S/C19H24N6O3/c1-13(26)24-8-5-9-25(11-10-24)19-21-12-14(17(20)27)18(23-19)22-15-6-3-4-7-16(15)28-2/h3-4,6-7,12H,5,8-11H2,1-2H3,(H2,20,27)(H,21,22,23). The molecule has 1 aliphatic rings. The fourth-order valence-corrected chi connectivity index (χ4v) is 3.11. The van der Waals surface area contributed by atoms with E-state index in [1.807, 2.05) is 28.0 Å². The summed E-state index contributed by atoms with van der Waals surface area (Å²) in [4.78, 5) is 36.2. The monoisotopic (exact) mass is 384 g/mol. The first kappa shape index (κ1) is 19.4. The average Bonchev–Trinajstić information content (AvgIpc) is 2.94. The molecule has 1 aliphatic heterocycles. The summed E-state index contributed by atoms with van der Waals surface area (Å²) in [5.74, 6) is 0.848. The minimum atomic E-state index is -0.623. The molecule has 1 aromatic carbocycles. The van der Waals surface area contributed by atoms with Crippen LogP contribution in [-0.4, -0.2) is 60.0 Å². The van der Waals surface area contributed by atoms with Crippen molar-refractivity contribution in [1.82, 2.24) is 14.9 Å². The van der Waals surface area contributed by atoms with Gasteiger partial charge in [-0.3, -0.25) is 9.59 Å². The third kappa shape index (κ3) is 4.30. The normalized spacial score (nSPS) is 14.4. The Morgan fingerprint density at radius 1 is 1.18 bits per heavy atom. The number of aromatic nitrogens is 2. The lowest BCUT2D eigenvalue weighted by molar-refractivity contribution is -0.128. The zero-order valence-corrected chi connectivity index (χ0v) is 16.0. The molecule has 0 aliphatic carbocycles. The summed E-state index contributed by atoms with van der Waals surface area (Å²) in [5, 5.41) is 3.13. The Bertz CT molecular complexity index is 872. The maximum atomic E-state index is 11.8. The summed E-state index contributed by atoms with van der Waals surface area (Å²) in [5.41, 5.74) is 6.35. The number of benzene rings is 1. The molecule has 9 heteroatoms. The van der Waals surface area contributed by atoms with Crippen LogP contribution >= 0.6 is 0 Å². The molecular formula is C19H24N6O3. The van der Waals surface area contributed by atoms with Crippen LogP contribution in [0.4, 0.5) is 17.5 Å². The Hall–Kier alpha value is -3.36. The molecule has 0 bridgehead atoms. The summed E-state index contributed by atoms with van der Waals surface area (Å²) in [6.07, 6.45) is 2.24. The van der Waals surface area contributed by atoms with Crippen molar-refractivity contribution in [3.8, 4) is 5.75 Å². The molecule has 148 valence electrons. The minimum absolute atomic E-state index is 0.0605. The number of nitrogens with two attached hydrogens (primary N) is 1. The Labute approximate surface area is 163 Å². The number of para-hydroxylation sites is 2. The van der Waals surface area contributed by atoms with Crippen molar-refractivity contribution < 1.29 is 14.3 Å². The third-order valence-electron chi connectivity index (χ3n) is 4.63. The Balaban J connectivity index is 1.89. The Kier molecular flexibility index (Phi) is 5.93. The van der Waals surface area contributed by atoms with Crippen LogP contribution in [0.1, 0.15) is 23.7 Å². The molecule has 0 unspecified atom stereocenters. The van der Waals surface area contributed by atoms with Gasteiger partial charge in [-0.1, -0.05) is 12.1 Å². The predicted octanol–water partition coefficient (Wildman–Crippen LogP) is 1.39. The molecule has 3 N–H and O–H groups in total. The highest BCUT2D eigenvalue weighted by Gasteiger charge is 2.21. The number of hydrogen-bond acceptors (Lipinski definition) is 7. The number of methoxy groups -OCH3 is 1. The van der Waals surface area contributed by atoms with Crippen molar-refractivity contribution in [3.63, 3.8) is 0 Å². The fourth-order valence-electron chi connectivity index (χ4n) is 3.11. The number of nitrogens with zero attached hydrogens (tertiary/aromatic N) is 4. The lowest BCUT2D eigenvalue weighted by atomic mass is 10.2. The van der Waals surface area contributed by atoms with Crippen LogP contribution in [0.2, 0.25) is 0 Å². The zero-order valence-electron chi connectivity index (χ0n) is 16.0. The number of amides is 2. The molecule has 0 saturated carbocycles. The van der Waals surface area contributed by atoms with Gasteiger partial charge in [0.2, 0.25) is 11.9 Å². The molecule has 2 heterocycles. The van der Waals surface area contributed by atoms with E-state index in [1.54, 1.807) is 20.1 Å². The molecule has 2 amide bonds. The minimum Gasteiger partial charge on any atom is -0.495 e. The molecule has 0 radical (unpaired) electrons. The van der Waals surface area contributed by atoms with Gasteiger partial charge in [0.15, 0.2) is 0 Å². The molecule has 1 saturated heterocycles. The highest BCUT2D eigenvalue weighted by Crippen LogP contribution is 2.28. The quantitative estimate of drug-likeness (QED) is 0.801. The first-order chi connectivity index (χ1) is 13.5. The highest BCUT2D eigenvalue weighted by molar-refractivity contribution is 5.98. The van der Waals surface area contributed by atoms with Crippen molar-refractivity contribution >= 4 is 29.3 Å². The summed E-state index contributed by atoms with van der Waals surface area (Å²) < 4.78 is 5.35. The van der Waals surface area contributed by atoms with Gasteiger partial charge in [-0.25, -0.2) is 4.98 Å². The number of rotatable bonds is 5. The van der Waals surface area contributed by atoms with E-state index in [1.165, 1.54) is 6.20 Å². The van der Waals surface area contributed by atoms with E-state index in [-0.39, 0.29) is 11.5 Å². The average molecular weight is 384 g/mol. The fraction of sp³-hybridized carbons (Fsp3) is 0.368. The van der Waals surface area contributed by atoms with Crippen molar-refractivity contribution in [2.45, 2.75) is 13.3 Å². The number of primary amides is 1. The van der Waals surface area contributed by atoms with Gasteiger partial charge in [-0.15, -0.1) is 0 Å². The van der Waals surface area contributed by atoms with Crippen LogP contribution < -0.4 is 20.7 Å². The number of anilines is 3. The number of carbonyl (C=O) groups excluding carboxylic acids is 2. The van der Waals surface area contributed by atoms with Crippen LogP contribution in [0.15, 0.2) is 30.5 Å². The van der Waals surface area contributed by atoms with E-state index in [2.05, 4.69) is 15.3 Å². The van der Waals surface area contributed by atoms with E-state index in [0.717, 1.165) is 6.42 Å². The number of hydrogen-bond donors (Lipinski definition) is 2. The Morgan fingerprint density at radius 2 is 1.96 bits per heavy atom. The first-order valence-electron chi connectivity index (χ1n) is 9.07. The van der Waals surface area contributed by atoms with E-state index in [4.69, 9.17) is 10.5 Å². The molecule has 1 aromatic heterocycles. The van der Waals surface area contributed by atoms with Gasteiger partial charge in [-0.05, 0) is 18.6 Å². The van der Waals surface area contributed by atoms with Gasteiger partial charge in [0.25, 0.3) is 5.91 Å². The predicted molar refractivity (Wildman–Crippen MR) is 106 cm³/mol. The maximum absolute atomic E-state index is 11.8. The number of carbonyl (C=O) groups is 2. The van der Waals surface area contributed by atoms with Crippen molar-refractivity contribution in [2.24, 2.45) is 5.73 Å². The van der Waals surface area contributed by atoms with Crippen LogP contribution in [0, 0.1) is 0 Å². The van der Waals surface area contributed by atoms with Crippen molar-refractivity contribution in [2.75, 3.05) is 43.5 Å². The molecule has 2 aromatic rings. The smallest absolute Gasteiger partial charge is 0.254 e. The highest BCUT2D eigenvalue weighted by atomic mass is 16.5. The van der Waals surface area contributed by atoms with Gasteiger partial charge in [0.1, 0.15) is 17.1 Å². The third-order valence-corrected chi connectivity index (χ3v) is 4.63. The molecule has 9 nitrogen and oxygen atoms in total. The lowest BCUT2D eigenvalue weighted by Crippen LogP contribution is -2.34. The molecule has 0 atom stereocenters. The van der Waals surface area contributed by atoms with Crippen molar-refractivity contribution in [3.05, 3.63) is 36.0 Å². The molecule has 3 rings (SSSR count). The van der Waals surface area contributed by atoms with Crippen molar-refractivity contribution in [1.29, 1.82) is 0 Å². The van der Waals surface area contributed by atoms with E-state index >= 15 is 0 Å². The summed E-state index contributed by atoms with van der Waals surface area (Å²) in [7, 11) is 1.57. The molecule has 28 heavy (non-hydrogen) atoms. The van der Waals surface area contributed by atoms with E-state index in [0.29, 0.717) is 49.4 Å². The summed E-state index contributed by atoms with van der Waals surface area (Å²) in [6, 6.07) is 7.33. The Morgan fingerprint density at radius 3 is 2.68 bits per heavy atom. The largest absolute Gasteiger partial charge is 0.495 e. The van der Waals surface area contributed by atoms with Gasteiger partial charge >= 0.3 is 0 Å². The summed E-state index contributed by atoms with van der Waals surface area (Å²) in [6.45, 7) is 4.21. The maximum Gasteiger partial charge on any atom is 0.254 e. The SMILES string of the molecule is COc1ccccc1Nc1nc(N2CCCN(C(C)=O)CC2)ncc1C(N)=O. The van der Waals surface area contributed by atoms with Gasteiger partial charge in [0, 0.05) is 39.3 Å². The van der Waals surface area contributed by atoms with Crippen LogP contribution in [0.25, 0.3) is 0 Å².